The second-order valence-corrected chi connectivity index (χ2v) is 4.09. The van der Waals surface area contributed by atoms with Crippen LogP contribution < -0.4 is 0 Å². The molecule has 64 valence electrons. The molecule has 2 atom stereocenters. The molecular formula is C5H9O5P. The molecule has 2 unspecified atom stereocenters. The average molecular weight is 180 g/mol. The van der Waals surface area contributed by atoms with Crippen LogP contribution in [0, 0.1) is 0 Å². The van der Waals surface area contributed by atoms with E-state index in [-0.39, 0.29) is 18.3 Å². The Morgan fingerprint density at radius 1 is 1.36 bits per heavy atom. The van der Waals surface area contributed by atoms with E-state index in [1.165, 1.54) is 0 Å². The lowest BCUT2D eigenvalue weighted by Gasteiger charge is -2.12. The highest BCUT2D eigenvalue weighted by molar-refractivity contribution is 7.46. The Labute approximate surface area is 63.6 Å². The fourth-order valence-electron chi connectivity index (χ4n) is 1.49. The van der Waals surface area contributed by atoms with Crippen LogP contribution in [0.4, 0.5) is 0 Å². The van der Waals surface area contributed by atoms with Gasteiger partial charge < -0.3 is 14.5 Å². The number of hydrogen-bond acceptors (Lipinski definition) is 3. The van der Waals surface area contributed by atoms with Gasteiger partial charge in [-0.3, -0.25) is 4.52 Å². The molecule has 0 bridgehead atoms. The van der Waals surface area contributed by atoms with Crippen molar-refractivity contribution in [3.8, 4) is 0 Å². The summed E-state index contributed by atoms with van der Waals surface area (Å²) in [6.45, 7) is 0. The maximum absolute atomic E-state index is 10.3. The summed E-state index contributed by atoms with van der Waals surface area (Å²) in [5, 5.41) is 0. The van der Waals surface area contributed by atoms with E-state index in [2.05, 4.69) is 4.52 Å². The number of epoxide rings is 1. The lowest BCUT2D eigenvalue weighted by atomic mass is 10.3. The van der Waals surface area contributed by atoms with Gasteiger partial charge in [0.1, 0.15) is 0 Å². The van der Waals surface area contributed by atoms with Crippen molar-refractivity contribution in [2.75, 3.05) is 0 Å². The van der Waals surface area contributed by atoms with Crippen LogP contribution in [0.5, 0.6) is 0 Å². The Bertz CT molecular complexity index is 201. The Morgan fingerprint density at radius 3 is 2.36 bits per heavy atom. The fraction of sp³-hybridized carbons (Fsp3) is 1.00. The van der Waals surface area contributed by atoms with Crippen LogP contribution in [0.25, 0.3) is 0 Å². The van der Waals surface area contributed by atoms with Crippen molar-refractivity contribution in [3.05, 3.63) is 0 Å². The summed E-state index contributed by atoms with van der Waals surface area (Å²) in [4.78, 5) is 16.9. The predicted molar refractivity (Wildman–Crippen MR) is 34.8 cm³/mol. The second kappa shape index (κ2) is 2.28. The zero-order valence-electron chi connectivity index (χ0n) is 5.71. The maximum atomic E-state index is 10.3. The third-order valence-corrected chi connectivity index (χ3v) is 2.54. The molecule has 2 aliphatic rings. The van der Waals surface area contributed by atoms with Crippen molar-refractivity contribution in [3.63, 3.8) is 0 Å². The van der Waals surface area contributed by atoms with Crippen molar-refractivity contribution < 1.29 is 23.6 Å². The summed E-state index contributed by atoms with van der Waals surface area (Å²) in [5.41, 5.74) is 0. The largest absolute Gasteiger partial charge is 0.469 e. The van der Waals surface area contributed by atoms with Crippen LogP contribution in [0.3, 0.4) is 0 Å². The van der Waals surface area contributed by atoms with Gasteiger partial charge in [0.05, 0.1) is 18.3 Å². The van der Waals surface area contributed by atoms with Crippen LogP contribution in [-0.2, 0) is 13.8 Å². The first kappa shape index (κ1) is 7.71. The summed E-state index contributed by atoms with van der Waals surface area (Å²) in [5.74, 6) is 0. The summed E-state index contributed by atoms with van der Waals surface area (Å²) in [6.07, 6.45) is 1.34. The minimum absolute atomic E-state index is 0.201. The molecule has 0 amide bonds. The minimum Gasteiger partial charge on any atom is -0.369 e. The standard InChI is InChI=1S/C5H9O5P/c6-11(7,8)10-3-1-4-5(2-3)9-4/h3-5H,1-2H2,(H2,6,7,8). The van der Waals surface area contributed by atoms with Crippen LogP contribution in [0.2, 0.25) is 0 Å². The lowest BCUT2D eigenvalue weighted by molar-refractivity contribution is 0.106. The van der Waals surface area contributed by atoms with Crippen molar-refractivity contribution in [1.82, 2.24) is 0 Å². The molecule has 1 aliphatic heterocycles. The van der Waals surface area contributed by atoms with E-state index in [1.54, 1.807) is 0 Å². The van der Waals surface area contributed by atoms with Crippen LogP contribution in [0.15, 0.2) is 0 Å². The maximum Gasteiger partial charge on any atom is 0.469 e. The molecule has 1 saturated heterocycles. The van der Waals surface area contributed by atoms with Gasteiger partial charge in [0.25, 0.3) is 0 Å². The van der Waals surface area contributed by atoms with Crippen molar-refractivity contribution in [2.45, 2.75) is 31.2 Å². The van der Waals surface area contributed by atoms with E-state index >= 15 is 0 Å². The van der Waals surface area contributed by atoms with Gasteiger partial charge in [-0.1, -0.05) is 0 Å². The summed E-state index contributed by atoms with van der Waals surface area (Å²) in [7, 11) is -4.28. The lowest BCUT2D eigenvalue weighted by Crippen LogP contribution is -2.09. The number of hydrogen-bond donors (Lipinski definition) is 2. The quantitative estimate of drug-likeness (QED) is 0.462. The van der Waals surface area contributed by atoms with Gasteiger partial charge in [-0.2, -0.15) is 0 Å². The third kappa shape index (κ3) is 1.80. The van der Waals surface area contributed by atoms with E-state index in [0.717, 1.165) is 0 Å². The minimum atomic E-state index is -4.28. The van der Waals surface area contributed by atoms with Gasteiger partial charge in [-0.15, -0.1) is 0 Å². The number of phosphoric ester groups is 1. The van der Waals surface area contributed by atoms with E-state index in [1.807, 2.05) is 0 Å². The molecule has 1 saturated carbocycles. The predicted octanol–water partition coefficient (Wildman–Crippen LogP) is 0.0255. The topological polar surface area (TPSA) is 79.3 Å². The molecule has 0 aromatic heterocycles. The number of rotatable bonds is 2. The molecule has 1 heterocycles. The Morgan fingerprint density at radius 2 is 1.91 bits per heavy atom. The van der Waals surface area contributed by atoms with Gasteiger partial charge in [0.15, 0.2) is 0 Å². The Balaban J connectivity index is 1.85. The molecule has 0 spiro atoms. The molecule has 2 rings (SSSR count). The van der Waals surface area contributed by atoms with E-state index in [4.69, 9.17) is 14.5 Å². The SMILES string of the molecule is O=P(O)(O)OC1CC2OC2C1. The Hall–Kier alpha value is 0.0700. The highest BCUT2D eigenvalue weighted by Crippen LogP contribution is 2.47. The smallest absolute Gasteiger partial charge is 0.369 e. The molecule has 0 aromatic carbocycles. The molecule has 11 heavy (non-hydrogen) atoms. The fourth-order valence-corrected chi connectivity index (χ4v) is 2.05. The van der Waals surface area contributed by atoms with E-state index < -0.39 is 7.82 Å². The zero-order valence-corrected chi connectivity index (χ0v) is 6.61. The molecule has 5 nitrogen and oxygen atoms in total. The van der Waals surface area contributed by atoms with Crippen LogP contribution in [-0.4, -0.2) is 28.1 Å². The van der Waals surface area contributed by atoms with E-state index in [9.17, 15) is 4.57 Å². The number of ether oxygens (including phenoxy) is 1. The van der Waals surface area contributed by atoms with E-state index in [0.29, 0.717) is 12.8 Å². The highest BCUT2D eigenvalue weighted by Gasteiger charge is 2.49. The molecule has 2 fully saturated rings. The van der Waals surface area contributed by atoms with Gasteiger partial charge in [-0.05, 0) is 0 Å². The molecule has 6 heteroatoms. The first-order chi connectivity index (χ1) is 5.04. The van der Waals surface area contributed by atoms with Gasteiger partial charge in [0.2, 0.25) is 0 Å². The van der Waals surface area contributed by atoms with Gasteiger partial charge in [-0.25, -0.2) is 4.57 Å². The van der Waals surface area contributed by atoms with Crippen molar-refractivity contribution >= 4 is 7.82 Å². The van der Waals surface area contributed by atoms with Crippen molar-refractivity contribution in [2.24, 2.45) is 0 Å². The molecule has 0 radical (unpaired) electrons. The number of fused-ring (bicyclic) bond motifs is 1. The van der Waals surface area contributed by atoms with Crippen molar-refractivity contribution in [1.29, 1.82) is 0 Å². The molecular weight excluding hydrogens is 171 g/mol. The summed E-state index contributed by atoms with van der Waals surface area (Å²) >= 11 is 0. The van der Waals surface area contributed by atoms with Crippen LogP contribution in [0.1, 0.15) is 12.8 Å². The highest BCUT2D eigenvalue weighted by atomic mass is 31.2. The molecule has 2 N–H and O–H groups in total. The Kier molecular flexibility index (Phi) is 1.60. The third-order valence-electron chi connectivity index (χ3n) is 1.96. The summed E-state index contributed by atoms with van der Waals surface area (Å²) < 4.78 is 19.9. The molecule has 1 aliphatic carbocycles. The second-order valence-electron chi connectivity index (χ2n) is 2.90. The first-order valence-electron chi connectivity index (χ1n) is 3.44. The first-order valence-corrected chi connectivity index (χ1v) is 4.97. The monoisotopic (exact) mass is 180 g/mol. The number of phosphoric acid groups is 1. The van der Waals surface area contributed by atoms with Crippen LogP contribution >= 0.6 is 7.82 Å². The summed E-state index contributed by atoms with van der Waals surface area (Å²) in [6, 6.07) is 0. The van der Waals surface area contributed by atoms with Gasteiger partial charge in [0, 0.05) is 12.8 Å². The normalized spacial score (nSPS) is 42.2. The zero-order chi connectivity index (χ0) is 8.06. The molecule has 0 aromatic rings. The van der Waals surface area contributed by atoms with Gasteiger partial charge >= 0.3 is 7.82 Å². The average Bonchev–Trinajstić information content (AvgIpc) is 2.36.